The summed E-state index contributed by atoms with van der Waals surface area (Å²) in [5, 5.41) is 121. The van der Waals surface area contributed by atoms with Crippen LogP contribution in [-0.2, 0) is 21.1 Å². The molecule has 0 bridgehead atoms. The Bertz CT molecular complexity index is 5710. The van der Waals surface area contributed by atoms with Crippen LogP contribution in [0.5, 0.6) is 0 Å². The number of hydrogen-bond donors (Lipinski definition) is 17. The molecular formula is C69H93N45S9. The van der Waals surface area contributed by atoms with Gasteiger partial charge < -0.3 is 94.5 Å². The van der Waals surface area contributed by atoms with E-state index in [1.54, 1.807) is 114 Å². The SMILES string of the molecule is CN(C)c1n[nH]c(N(C)c2ccsc2)n1.CN(C)c1n[nH]c(Nc2ccsc2)n1.CN(C)c1nnc(Nc2ccsc2)n1C.CN(c1ccsc1)c1n[nH]c(N)n1.CN(c1ccsc1)c1n[nH]c(N)n1.CNc1n[nH]c(Nc2ccsc2)n1.CNc1nnc(N(C)c2ccsc2)n1C.Cn1c(N)nnc1Nc1ccsc1.Nc1nc(Nc2ccsc2)n[nH]1. The first-order chi connectivity index (χ1) is 59.4. The van der Waals surface area contributed by atoms with Crippen molar-refractivity contribution in [3.63, 3.8) is 0 Å². The maximum absolute atomic E-state index is 5.52. The van der Waals surface area contributed by atoms with E-state index >= 15 is 0 Å². The van der Waals surface area contributed by atoms with E-state index in [4.69, 9.17) is 22.9 Å². The van der Waals surface area contributed by atoms with E-state index in [1.165, 1.54) is 0 Å². The second kappa shape index (κ2) is 45.9. The number of thiophene rings is 9. The molecule has 0 radical (unpaired) electrons. The van der Waals surface area contributed by atoms with Gasteiger partial charge in [-0.05, 0) is 103 Å². The van der Waals surface area contributed by atoms with Crippen molar-refractivity contribution in [1.82, 2.24) is 135 Å². The van der Waals surface area contributed by atoms with Gasteiger partial charge in [0.2, 0.25) is 95.2 Å². The number of nitrogen functional groups attached to an aromatic ring is 4. The largest absolute Gasteiger partial charge is 0.368 e. The molecule has 0 spiro atoms. The number of rotatable bonds is 23. The number of nitrogens with zero attached hydrogens (tertiary/aromatic N) is 28. The molecule has 45 nitrogen and oxygen atoms in total. The minimum Gasteiger partial charge on any atom is -0.368 e. The summed E-state index contributed by atoms with van der Waals surface area (Å²) in [7, 11) is 28.5. The second-order valence-corrected chi connectivity index (χ2v) is 32.3. The number of nitrogens with two attached hydrogens (primary N) is 4. The molecule has 18 heterocycles. The molecule has 0 saturated carbocycles. The van der Waals surface area contributed by atoms with Gasteiger partial charge in [-0.2, -0.15) is 132 Å². The predicted molar refractivity (Wildman–Crippen MR) is 509 cm³/mol. The van der Waals surface area contributed by atoms with Crippen molar-refractivity contribution in [1.29, 1.82) is 0 Å². The minimum atomic E-state index is 0.313. The first-order valence-corrected chi connectivity index (χ1v) is 44.5. The van der Waals surface area contributed by atoms with Gasteiger partial charge in [0.05, 0.1) is 51.2 Å². The molecule has 0 unspecified atom stereocenters. The Kier molecular flexibility index (Phi) is 34.1. The van der Waals surface area contributed by atoms with Crippen LogP contribution >= 0.6 is 102 Å². The highest BCUT2D eigenvalue weighted by Crippen LogP contribution is 2.29. The topological polar surface area (TPSA) is 553 Å². The molecular weight excluding hydrogens is 1750 g/mol. The van der Waals surface area contributed by atoms with E-state index < -0.39 is 0 Å². The Morgan fingerprint density at radius 2 is 0.667 bits per heavy atom. The van der Waals surface area contributed by atoms with Crippen LogP contribution in [-0.4, -0.2) is 220 Å². The van der Waals surface area contributed by atoms with E-state index in [9.17, 15) is 0 Å². The molecule has 0 atom stereocenters. The molecule has 18 rings (SSSR count). The minimum absolute atomic E-state index is 0.313. The number of hydrogen-bond acceptors (Lipinski definition) is 45. The van der Waals surface area contributed by atoms with Crippen LogP contribution in [0, 0.1) is 0 Å². The van der Waals surface area contributed by atoms with E-state index in [1.807, 2.05) is 277 Å². The summed E-state index contributed by atoms with van der Waals surface area (Å²) in [5.41, 5.74) is 31.1. The highest BCUT2D eigenvalue weighted by molar-refractivity contribution is 7.10. The van der Waals surface area contributed by atoms with Crippen molar-refractivity contribution in [3.8, 4) is 0 Å². The zero-order valence-corrected chi connectivity index (χ0v) is 76.4. The summed E-state index contributed by atoms with van der Waals surface area (Å²) >= 11 is 14.7. The molecule has 0 amide bonds. The average molecular weight is 1840 g/mol. The van der Waals surface area contributed by atoms with Crippen LogP contribution < -0.4 is 94.5 Å². The standard InChI is InChI=1S/3C9H13N5S.C8H11N5S.4C7H9N5S.C6H7N5S/c1-13(2)8-10-9(12-11-8)14(3)7-4-5-15-6-7;1-13(2)9-12-11-8(14(9)3)10-7-4-5-15-6-7;1-10-8-11-12-9(14(8)3)13(2)7-4-5-15-6-7;1-13(2)8-10-7(11-12-8)9-6-3-4-14-5-6;2*1-12(5-2-3-13-4-5)7-9-6(8)10-11-7;1-12-6(8)10-11-7(12)9-5-2-3-13-4-5;1-8-6-10-7(12-11-6)9-5-2-3-13-4-5;7-5-9-6(11-10-5)8-4-1-2-12-3-4/h4-6H,1-3H3,(H,10,11,12);2*4-6H,1-3H3,(H,10,11);3-5H,1-2H3,(H2,9,10,11,12);2*2-4H,1H3,(H3,8,9,10,11);2-4H,1H3,(H2,8,10)(H,9,11);2-4H,1H3,(H3,8,9,10,11,12);1-3H,(H4,7,8,9,10,11). The lowest BCUT2D eigenvalue weighted by Crippen LogP contribution is -2.14. The van der Waals surface area contributed by atoms with Crippen molar-refractivity contribution < 1.29 is 0 Å². The summed E-state index contributed by atoms with van der Waals surface area (Å²) in [5.74, 6) is 10.8. The van der Waals surface area contributed by atoms with E-state index in [2.05, 4.69) is 176 Å². The fraction of sp³-hybridized carbons (Fsp3) is 0.217. The zero-order chi connectivity index (χ0) is 87.7. The van der Waals surface area contributed by atoms with Crippen molar-refractivity contribution in [3.05, 3.63) is 151 Å². The van der Waals surface area contributed by atoms with Gasteiger partial charge >= 0.3 is 0 Å². The second-order valence-electron chi connectivity index (χ2n) is 25.3. The van der Waals surface area contributed by atoms with Crippen LogP contribution in [0.2, 0.25) is 0 Å². The molecule has 0 aliphatic rings. The quantitative estimate of drug-likeness (QED) is 0.0283. The first kappa shape index (κ1) is 91.3. The molecule has 18 aromatic heterocycles. The van der Waals surface area contributed by atoms with Crippen LogP contribution in [0.4, 0.5) is 158 Å². The summed E-state index contributed by atoms with van der Waals surface area (Å²) in [4.78, 5) is 37.9. The van der Waals surface area contributed by atoms with Crippen molar-refractivity contribution in [2.24, 2.45) is 21.1 Å². The van der Waals surface area contributed by atoms with Crippen molar-refractivity contribution >= 4 is 260 Å². The third kappa shape index (κ3) is 27.5. The van der Waals surface area contributed by atoms with Crippen molar-refractivity contribution in [2.45, 2.75) is 0 Å². The van der Waals surface area contributed by atoms with Gasteiger partial charge in [0.1, 0.15) is 0 Å². The first-order valence-electron chi connectivity index (χ1n) is 36.0. The number of aromatic amines is 6. The monoisotopic (exact) mass is 1840 g/mol. The van der Waals surface area contributed by atoms with Crippen LogP contribution in [0.3, 0.4) is 0 Å². The van der Waals surface area contributed by atoms with Gasteiger partial charge in [-0.15, -0.1) is 61.2 Å². The predicted octanol–water partition coefficient (Wildman–Crippen LogP) is 13.2. The van der Waals surface area contributed by atoms with E-state index in [0.717, 1.165) is 80.9 Å². The summed E-state index contributed by atoms with van der Waals surface area (Å²) < 4.78 is 5.52. The van der Waals surface area contributed by atoms with Gasteiger partial charge in [-0.3, -0.25) is 13.7 Å². The maximum atomic E-state index is 5.52. The number of nitrogens with one attached hydrogen (secondary N) is 13. The third-order valence-corrected chi connectivity index (χ3v) is 22.0. The van der Waals surface area contributed by atoms with Crippen LogP contribution in [0.25, 0.3) is 0 Å². The van der Waals surface area contributed by atoms with Gasteiger partial charge in [-0.25, -0.2) is 30.6 Å². The fourth-order valence-corrected chi connectivity index (χ4v) is 15.0. The van der Waals surface area contributed by atoms with E-state index in [0.29, 0.717) is 77.3 Å². The Morgan fingerprint density at radius 1 is 0.301 bits per heavy atom. The molecule has 0 aliphatic carbocycles. The van der Waals surface area contributed by atoms with Gasteiger partial charge in [0, 0.05) is 154 Å². The smallest absolute Gasteiger partial charge is 0.250 e. The zero-order valence-electron chi connectivity index (χ0n) is 69.1. The highest BCUT2D eigenvalue weighted by Gasteiger charge is 2.17. The summed E-state index contributed by atoms with van der Waals surface area (Å²) in [6.45, 7) is 0. The Balaban J connectivity index is 0.000000145. The fourth-order valence-electron chi connectivity index (χ4n) is 9.39. The number of anilines is 27. The molecule has 123 heavy (non-hydrogen) atoms. The Labute approximate surface area is 741 Å². The lowest BCUT2D eigenvalue weighted by Gasteiger charge is -2.15. The summed E-state index contributed by atoms with van der Waals surface area (Å²) in [6.07, 6.45) is 0. The van der Waals surface area contributed by atoms with Gasteiger partial charge in [-0.1, -0.05) is 0 Å². The number of H-pyrrole nitrogens is 6. The molecule has 0 aromatic carbocycles. The molecule has 18 aromatic rings. The lowest BCUT2D eigenvalue weighted by atomic mass is 10.5. The maximum Gasteiger partial charge on any atom is 0.250 e. The van der Waals surface area contributed by atoms with Gasteiger partial charge in [0.25, 0.3) is 11.9 Å². The van der Waals surface area contributed by atoms with E-state index in [-0.39, 0.29) is 0 Å². The lowest BCUT2D eigenvalue weighted by molar-refractivity contribution is 0.873. The van der Waals surface area contributed by atoms with Crippen molar-refractivity contribution in [2.75, 3.05) is 179 Å². The molecule has 0 fully saturated rings. The molecule has 0 aliphatic heterocycles. The number of aromatic nitrogens is 27. The van der Waals surface area contributed by atoms with Crippen LogP contribution in [0.15, 0.2) is 151 Å². The van der Waals surface area contributed by atoms with Gasteiger partial charge in [0.15, 0.2) is 0 Å². The molecule has 648 valence electrons. The molecule has 0 saturated heterocycles. The molecule has 21 N–H and O–H groups in total. The summed E-state index contributed by atoms with van der Waals surface area (Å²) in [6, 6.07) is 18.0. The molecule has 54 heteroatoms. The normalized spacial score (nSPS) is 10.2. The highest BCUT2D eigenvalue weighted by atomic mass is 32.1. The third-order valence-electron chi connectivity index (χ3n) is 15.9. The average Bonchev–Trinajstić information content (AvgIpc) is 1.68. The Morgan fingerprint density at radius 3 is 1.03 bits per heavy atom. The van der Waals surface area contributed by atoms with Crippen LogP contribution in [0.1, 0.15) is 0 Å². The Hall–Kier alpha value is -14.0.